The lowest BCUT2D eigenvalue weighted by molar-refractivity contribution is 0.0995. The Hall–Kier alpha value is -2.09. The van der Waals surface area contributed by atoms with E-state index >= 15 is 0 Å². The Bertz CT molecular complexity index is 566. The van der Waals surface area contributed by atoms with E-state index in [1.54, 1.807) is 12.3 Å². The SMILES string of the molecule is CSc1nc(N)cc(-n2ccc(C(N)=O)n2)n1. The van der Waals surface area contributed by atoms with Crippen LogP contribution in [0.15, 0.2) is 23.5 Å². The second-order valence-corrected chi connectivity index (χ2v) is 3.92. The van der Waals surface area contributed by atoms with Gasteiger partial charge < -0.3 is 11.5 Å². The van der Waals surface area contributed by atoms with Gasteiger partial charge in [0.25, 0.3) is 5.91 Å². The zero-order valence-electron chi connectivity index (χ0n) is 8.99. The number of thioether (sulfide) groups is 1. The number of nitrogen functional groups attached to an aromatic ring is 1. The Morgan fingerprint density at radius 3 is 2.82 bits per heavy atom. The summed E-state index contributed by atoms with van der Waals surface area (Å²) < 4.78 is 1.43. The molecule has 0 aromatic carbocycles. The Labute approximate surface area is 101 Å². The van der Waals surface area contributed by atoms with Crippen LogP contribution >= 0.6 is 11.8 Å². The van der Waals surface area contributed by atoms with E-state index in [4.69, 9.17) is 11.5 Å². The fourth-order valence-corrected chi connectivity index (χ4v) is 1.60. The molecule has 7 nitrogen and oxygen atoms in total. The van der Waals surface area contributed by atoms with Crippen LogP contribution in [0.1, 0.15) is 10.5 Å². The first-order chi connectivity index (χ1) is 8.10. The van der Waals surface area contributed by atoms with E-state index in [-0.39, 0.29) is 5.69 Å². The molecule has 2 aromatic rings. The van der Waals surface area contributed by atoms with E-state index in [0.717, 1.165) is 0 Å². The number of carbonyl (C=O) groups is 1. The molecule has 0 saturated carbocycles. The van der Waals surface area contributed by atoms with E-state index in [2.05, 4.69) is 15.1 Å². The van der Waals surface area contributed by atoms with Crippen LogP contribution in [0.4, 0.5) is 5.82 Å². The van der Waals surface area contributed by atoms with Gasteiger partial charge in [-0.05, 0) is 12.3 Å². The fraction of sp³-hybridized carbons (Fsp3) is 0.111. The van der Waals surface area contributed by atoms with E-state index in [9.17, 15) is 4.79 Å². The number of nitrogens with two attached hydrogens (primary N) is 2. The van der Waals surface area contributed by atoms with Crippen molar-refractivity contribution in [2.24, 2.45) is 5.73 Å². The summed E-state index contributed by atoms with van der Waals surface area (Å²) in [5, 5.41) is 4.52. The minimum absolute atomic E-state index is 0.174. The van der Waals surface area contributed by atoms with Crippen LogP contribution < -0.4 is 11.5 Å². The zero-order valence-corrected chi connectivity index (χ0v) is 9.81. The lowest BCUT2D eigenvalue weighted by Gasteiger charge is -2.03. The average Bonchev–Trinajstić information content (AvgIpc) is 2.77. The Balaban J connectivity index is 2.44. The molecule has 0 atom stereocenters. The van der Waals surface area contributed by atoms with Gasteiger partial charge in [0.2, 0.25) is 0 Å². The van der Waals surface area contributed by atoms with Gasteiger partial charge in [-0.15, -0.1) is 0 Å². The third-order valence-corrected chi connectivity index (χ3v) is 2.52. The summed E-state index contributed by atoms with van der Waals surface area (Å²) in [5.74, 6) is 0.251. The van der Waals surface area contributed by atoms with Gasteiger partial charge in [-0.2, -0.15) is 5.10 Å². The number of hydrogen-bond acceptors (Lipinski definition) is 6. The van der Waals surface area contributed by atoms with Crippen molar-refractivity contribution in [1.82, 2.24) is 19.7 Å². The maximum Gasteiger partial charge on any atom is 0.269 e. The second kappa shape index (κ2) is 4.42. The monoisotopic (exact) mass is 250 g/mol. The first-order valence-electron chi connectivity index (χ1n) is 4.64. The number of primary amides is 1. The molecule has 0 aliphatic rings. The maximum atomic E-state index is 10.9. The highest BCUT2D eigenvalue weighted by Crippen LogP contribution is 2.14. The fourth-order valence-electron chi connectivity index (χ4n) is 1.22. The van der Waals surface area contributed by atoms with Crippen LogP contribution in [0, 0.1) is 0 Å². The van der Waals surface area contributed by atoms with Gasteiger partial charge in [0.05, 0.1) is 0 Å². The predicted molar refractivity (Wildman–Crippen MR) is 63.9 cm³/mol. The Kier molecular flexibility index (Phi) is 2.96. The summed E-state index contributed by atoms with van der Waals surface area (Å²) in [6.45, 7) is 0. The number of nitrogens with zero attached hydrogens (tertiary/aromatic N) is 4. The summed E-state index contributed by atoms with van der Waals surface area (Å²) in [7, 11) is 0. The number of rotatable bonds is 3. The van der Waals surface area contributed by atoms with Gasteiger partial charge in [-0.3, -0.25) is 4.79 Å². The molecule has 88 valence electrons. The van der Waals surface area contributed by atoms with E-state index in [1.165, 1.54) is 22.5 Å². The van der Waals surface area contributed by atoms with Crippen molar-refractivity contribution in [3.05, 3.63) is 24.0 Å². The van der Waals surface area contributed by atoms with Gasteiger partial charge >= 0.3 is 0 Å². The van der Waals surface area contributed by atoms with Crippen LogP contribution in [-0.4, -0.2) is 31.9 Å². The van der Waals surface area contributed by atoms with Crippen molar-refractivity contribution in [1.29, 1.82) is 0 Å². The van der Waals surface area contributed by atoms with Crippen LogP contribution in [0.2, 0.25) is 0 Å². The topological polar surface area (TPSA) is 113 Å². The summed E-state index contributed by atoms with van der Waals surface area (Å²) in [6, 6.07) is 3.08. The molecular formula is C9H10N6OS. The molecular weight excluding hydrogens is 240 g/mol. The summed E-state index contributed by atoms with van der Waals surface area (Å²) in [6.07, 6.45) is 3.43. The molecule has 8 heteroatoms. The summed E-state index contributed by atoms with van der Waals surface area (Å²) >= 11 is 1.37. The molecule has 2 rings (SSSR count). The largest absolute Gasteiger partial charge is 0.383 e. The minimum atomic E-state index is -0.587. The van der Waals surface area contributed by atoms with Crippen molar-refractivity contribution in [2.45, 2.75) is 5.16 Å². The predicted octanol–water partition coefficient (Wildman–Crippen LogP) is 0.0653. The maximum absolute atomic E-state index is 10.9. The van der Waals surface area contributed by atoms with Gasteiger partial charge in [-0.1, -0.05) is 11.8 Å². The average molecular weight is 250 g/mol. The number of anilines is 1. The first kappa shape index (κ1) is 11.4. The highest BCUT2D eigenvalue weighted by molar-refractivity contribution is 7.98. The summed E-state index contributed by atoms with van der Waals surface area (Å²) in [5.41, 5.74) is 10.9. The minimum Gasteiger partial charge on any atom is -0.383 e. The quantitative estimate of drug-likeness (QED) is 0.588. The smallest absolute Gasteiger partial charge is 0.269 e. The lowest BCUT2D eigenvalue weighted by atomic mass is 10.4. The molecule has 0 aliphatic heterocycles. The molecule has 0 saturated heterocycles. The number of carbonyl (C=O) groups excluding carboxylic acids is 1. The van der Waals surface area contributed by atoms with Gasteiger partial charge in [-0.25, -0.2) is 14.6 Å². The molecule has 2 aromatic heterocycles. The van der Waals surface area contributed by atoms with Crippen LogP contribution in [0.3, 0.4) is 0 Å². The van der Waals surface area contributed by atoms with E-state index < -0.39 is 5.91 Å². The molecule has 0 unspecified atom stereocenters. The molecule has 2 heterocycles. The molecule has 0 fully saturated rings. The van der Waals surface area contributed by atoms with Crippen molar-refractivity contribution >= 4 is 23.5 Å². The molecule has 1 amide bonds. The first-order valence-corrected chi connectivity index (χ1v) is 5.87. The van der Waals surface area contributed by atoms with Crippen LogP contribution in [0.5, 0.6) is 0 Å². The molecule has 17 heavy (non-hydrogen) atoms. The highest BCUT2D eigenvalue weighted by Gasteiger charge is 2.08. The Morgan fingerprint density at radius 2 is 2.24 bits per heavy atom. The second-order valence-electron chi connectivity index (χ2n) is 3.15. The molecule has 0 spiro atoms. The number of hydrogen-bond donors (Lipinski definition) is 2. The molecule has 0 bridgehead atoms. The van der Waals surface area contributed by atoms with Gasteiger partial charge in [0, 0.05) is 12.3 Å². The standard InChI is InChI=1S/C9H10N6OS/c1-17-9-12-6(10)4-7(13-9)15-3-2-5(14-15)8(11)16/h2-4H,1H3,(H2,11,16)(H2,10,12,13). The highest BCUT2D eigenvalue weighted by atomic mass is 32.2. The zero-order chi connectivity index (χ0) is 12.4. The Morgan fingerprint density at radius 1 is 1.47 bits per heavy atom. The van der Waals surface area contributed by atoms with E-state index in [1.807, 2.05) is 6.26 Å². The van der Waals surface area contributed by atoms with Gasteiger partial charge in [0.1, 0.15) is 11.5 Å². The number of amides is 1. The third kappa shape index (κ3) is 2.36. The summed E-state index contributed by atoms with van der Waals surface area (Å²) in [4.78, 5) is 19.2. The third-order valence-electron chi connectivity index (χ3n) is 1.97. The lowest BCUT2D eigenvalue weighted by Crippen LogP contribution is -2.12. The molecule has 0 aliphatic carbocycles. The van der Waals surface area contributed by atoms with E-state index in [0.29, 0.717) is 16.8 Å². The van der Waals surface area contributed by atoms with Crippen LogP contribution in [0.25, 0.3) is 5.82 Å². The molecule has 0 radical (unpaired) electrons. The van der Waals surface area contributed by atoms with Crippen LogP contribution in [-0.2, 0) is 0 Å². The van der Waals surface area contributed by atoms with Gasteiger partial charge in [0.15, 0.2) is 11.0 Å². The van der Waals surface area contributed by atoms with Crippen molar-refractivity contribution in [3.8, 4) is 5.82 Å². The number of aromatic nitrogens is 4. The van der Waals surface area contributed by atoms with Crippen molar-refractivity contribution in [3.63, 3.8) is 0 Å². The normalized spacial score (nSPS) is 10.4. The van der Waals surface area contributed by atoms with Crippen molar-refractivity contribution in [2.75, 3.05) is 12.0 Å². The molecule has 4 N–H and O–H groups in total. The van der Waals surface area contributed by atoms with Crippen molar-refractivity contribution < 1.29 is 4.79 Å².